The number of rotatable bonds is 6. The minimum absolute atomic E-state index is 0.0247. The first kappa shape index (κ1) is 16.5. The Hall–Kier alpha value is -3.35. The van der Waals surface area contributed by atoms with E-state index in [-0.39, 0.29) is 23.8 Å². The third kappa shape index (κ3) is 3.16. The van der Waals surface area contributed by atoms with Crippen molar-refractivity contribution in [2.75, 3.05) is 13.7 Å². The Morgan fingerprint density at radius 1 is 1.24 bits per heavy atom. The Labute approximate surface area is 143 Å². The normalized spacial score (nSPS) is 10.6. The van der Waals surface area contributed by atoms with Crippen molar-refractivity contribution in [2.24, 2.45) is 0 Å². The molecule has 128 valence electrons. The number of carbonyl (C=O) groups excluding carboxylic acids is 1. The molecule has 0 aliphatic heterocycles. The molecule has 1 N–H and O–H groups in total. The van der Waals surface area contributed by atoms with Crippen molar-refractivity contribution in [1.82, 2.24) is 4.98 Å². The number of fused-ring (bicyclic) bond motifs is 1. The van der Waals surface area contributed by atoms with Crippen LogP contribution in [0.4, 0.5) is 5.69 Å². The molecule has 0 bridgehead atoms. The van der Waals surface area contributed by atoms with Crippen LogP contribution in [0, 0.1) is 17.0 Å². The zero-order valence-corrected chi connectivity index (χ0v) is 13.7. The summed E-state index contributed by atoms with van der Waals surface area (Å²) < 4.78 is 10.4. The molecule has 0 saturated heterocycles. The first-order chi connectivity index (χ1) is 12.0. The largest absolute Gasteiger partial charge is 0.496 e. The number of nitro groups is 1. The van der Waals surface area contributed by atoms with Gasteiger partial charge in [0.1, 0.15) is 5.75 Å². The summed E-state index contributed by atoms with van der Waals surface area (Å²) in [6, 6.07) is 11.7. The van der Waals surface area contributed by atoms with E-state index in [9.17, 15) is 14.9 Å². The fourth-order valence-corrected chi connectivity index (χ4v) is 2.74. The molecule has 0 aliphatic rings. The molecule has 1 aromatic heterocycles. The quantitative estimate of drug-likeness (QED) is 0.420. The van der Waals surface area contributed by atoms with E-state index in [0.29, 0.717) is 11.3 Å². The number of ether oxygens (including phenoxy) is 2. The van der Waals surface area contributed by atoms with Crippen molar-refractivity contribution in [3.05, 3.63) is 63.8 Å². The van der Waals surface area contributed by atoms with Gasteiger partial charge in [0.2, 0.25) is 5.78 Å². The van der Waals surface area contributed by atoms with Crippen LogP contribution in [0.15, 0.2) is 42.5 Å². The number of benzene rings is 2. The van der Waals surface area contributed by atoms with Gasteiger partial charge in [0.15, 0.2) is 12.4 Å². The number of nitrogens with one attached hydrogen (secondary N) is 1. The number of methoxy groups -OCH3 is 1. The summed E-state index contributed by atoms with van der Waals surface area (Å²) in [5.74, 6) is 0.120. The van der Waals surface area contributed by atoms with E-state index in [4.69, 9.17) is 9.47 Å². The van der Waals surface area contributed by atoms with Crippen LogP contribution in [0.5, 0.6) is 11.5 Å². The number of hydrogen-bond acceptors (Lipinski definition) is 5. The predicted octanol–water partition coefficient (Wildman–Crippen LogP) is 3.65. The third-order valence-electron chi connectivity index (χ3n) is 3.89. The highest BCUT2D eigenvalue weighted by atomic mass is 16.6. The lowest BCUT2D eigenvalue weighted by Gasteiger charge is -2.08. The smallest absolute Gasteiger partial charge is 0.314 e. The van der Waals surface area contributed by atoms with Crippen LogP contribution in [0.3, 0.4) is 0 Å². The molecule has 25 heavy (non-hydrogen) atoms. The van der Waals surface area contributed by atoms with Crippen molar-refractivity contribution in [3.8, 4) is 11.5 Å². The molecule has 0 aliphatic carbocycles. The van der Waals surface area contributed by atoms with Gasteiger partial charge in [-0.1, -0.05) is 18.2 Å². The number of Topliss-reactive ketones (excluding diaryl/α,β-unsaturated/α-hetero) is 1. The van der Waals surface area contributed by atoms with Crippen LogP contribution >= 0.6 is 0 Å². The standard InChI is InChI=1S/C18H16N2O5/c1-11-18(13-5-3-4-6-14(13)19-11)16(21)10-25-17-8-7-12(24-2)9-15(17)20(22)23/h3-9,19H,10H2,1-2H3. The molecule has 0 fully saturated rings. The number of hydrogen-bond donors (Lipinski definition) is 1. The molecule has 0 saturated carbocycles. The van der Waals surface area contributed by atoms with E-state index in [0.717, 1.165) is 16.6 Å². The molecule has 0 atom stereocenters. The number of aromatic nitrogens is 1. The van der Waals surface area contributed by atoms with Crippen LogP contribution in [0.1, 0.15) is 16.1 Å². The Kier molecular flexibility index (Phi) is 4.38. The Morgan fingerprint density at radius 2 is 2.00 bits per heavy atom. The van der Waals surface area contributed by atoms with Gasteiger partial charge in [0, 0.05) is 22.2 Å². The van der Waals surface area contributed by atoms with Crippen LogP contribution < -0.4 is 9.47 Å². The summed E-state index contributed by atoms with van der Waals surface area (Å²) in [7, 11) is 1.42. The molecule has 0 amide bonds. The number of para-hydroxylation sites is 1. The molecule has 7 nitrogen and oxygen atoms in total. The molecule has 0 spiro atoms. The van der Waals surface area contributed by atoms with Gasteiger partial charge in [-0.05, 0) is 25.1 Å². The van der Waals surface area contributed by atoms with E-state index in [1.807, 2.05) is 31.2 Å². The lowest BCUT2D eigenvalue weighted by atomic mass is 10.1. The highest BCUT2D eigenvalue weighted by Crippen LogP contribution is 2.31. The highest BCUT2D eigenvalue weighted by Gasteiger charge is 2.20. The maximum atomic E-state index is 12.6. The molecular formula is C18H16N2O5. The molecule has 2 aromatic carbocycles. The van der Waals surface area contributed by atoms with Crippen molar-refractivity contribution < 1.29 is 19.2 Å². The summed E-state index contributed by atoms with van der Waals surface area (Å²) in [4.78, 5) is 26.3. The molecular weight excluding hydrogens is 324 g/mol. The summed E-state index contributed by atoms with van der Waals surface area (Å²) >= 11 is 0. The van der Waals surface area contributed by atoms with Crippen molar-refractivity contribution in [1.29, 1.82) is 0 Å². The number of aromatic amines is 1. The zero-order valence-electron chi connectivity index (χ0n) is 13.7. The van der Waals surface area contributed by atoms with Gasteiger partial charge in [-0.15, -0.1) is 0 Å². The lowest BCUT2D eigenvalue weighted by Crippen LogP contribution is -2.13. The van der Waals surface area contributed by atoms with Gasteiger partial charge in [-0.25, -0.2) is 0 Å². The predicted molar refractivity (Wildman–Crippen MR) is 92.5 cm³/mol. The lowest BCUT2D eigenvalue weighted by molar-refractivity contribution is -0.385. The second-order valence-corrected chi connectivity index (χ2v) is 5.47. The van der Waals surface area contributed by atoms with Crippen LogP contribution in [0.25, 0.3) is 10.9 Å². The van der Waals surface area contributed by atoms with Gasteiger partial charge in [0.25, 0.3) is 0 Å². The zero-order chi connectivity index (χ0) is 18.0. The molecule has 1 heterocycles. The van der Waals surface area contributed by atoms with E-state index in [2.05, 4.69) is 4.98 Å². The van der Waals surface area contributed by atoms with Crippen LogP contribution in [0.2, 0.25) is 0 Å². The number of nitro benzene ring substituents is 1. The SMILES string of the molecule is COc1ccc(OCC(=O)c2c(C)[nH]c3ccccc23)c([N+](=O)[O-])c1. The first-order valence-corrected chi connectivity index (χ1v) is 7.57. The maximum Gasteiger partial charge on any atom is 0.314 e. The van der Waals surface area contributed by atoms with Crippen LogP contribution in [-0.4, -0.2) is 29.4 Å². The monoisotopic (exact) mass is 340 g/mol. The number of carbonyl (C=O) groups is 1. The topological polar surface area (TPSA) is 94.5 Å². The fraction of sp³-hybridized carbons (Fsp3) is 0.167. The van der Waals surface area contributed by atoms with Crippen molar-refractivity contribution in [3.63, 3.8) is 0 Å². The van der Waals surface area contributed by atoms with Gasteiger partial charge in [0.05, 0.1) is 18.1 Å². The van der Waals surface area contributed by atoms with E-state index in [1.165, 1.54) is 19.2 Å². The fourth-order valence-electron chi connectivity index (χ4n) is 2.74. The third-order valence-corrected chi connectivity index (χ3v) is 3.89. The average Bonchev–Trinajstić information content (AvgIpc) is 2.95. The summed E-state index contributed by atoms with van der Waals surface area (Å²) in [6.45, 7) is 1.51. The Balaban J connectivity index is 1.85. The summed E-state index contributed by atoms with van der Waals surface area (Å²) in [5, 5.41) is 12.0. The van der Waals surface area contributed by atoms with Gasteiger partial charge >= 0.3 is 5.69 Å². The van der Waals surface area contributed by atoms with E-state index >= 15 is 0 Å². The van der Waals surface area contributed by atoms with Crippen molar-refractivity contribution >= 4 is 22.4 Å². The number of nitrogens with zero attached hydrogens (tertiary/aromatic N) is 1. The molecule has 0 radical (unpaired) electrons. The van der Waals surface area contributed by atoms with E-state index < -0.39 is 4.92 Å². The van der Waals surface area contributed by atoms with Gasteiger partial charge in [-0.3, -0.25) is 14.9 Å². The van der Waals surface area contributed by atoms with Gasteiger partial charge in [-0.2, -0.15) is 0 Å². The minimum Gasteiger partial charge on any atom is -0.496 e. The first-order valence-electron chi connectivity index (χ1n) is 7.57. The highest BCUT2D eigenvalue weighted by molar-refractivity contribution is 6.09. The summed E-state index contributed by atoms with van der Waals surface area (Å²) in [6.07, 6.45) is 0. The number of ketones is 1. The number of aryl methyl sites for hydroxylation is 1. The minimum atomic E-state index is -0.570. The van der Waals surface area contributed by atoms with Crippen molar-refractivity contribution in [2.45, 2.75) is 6.92 Å². The number of H-pyrrole nitrogens is 1. The summed E-state index contributed by atoms with van der Waals surface area (Å²) in [5.41, 5.74) is 1.88. The molecule has 3 rings (SSSR count). The molecule has 0 unspecified atom stereocenters. The molecule has 7 heteroatoms. The maximum absolute atomic E-state index is 12.6. The second kappa shape index (κ2) is 6.64. The Morgan fingerprint density at radius 3 is 2.72 bits per heavy atom. The van der Waals surface area contributed by atoms with Gasteiger partial charge < -0.3 is 14.5 Å². The molecule has 3 aromatic rings. The van der Waals surface area contributed by atoms with E-state index in [1.54, 1.807) is 6.07 Å². The second-order valence-electron chi connectivity index (χ2n) is 5.47. The Bertz CT molecular complexity index is 961. The van der Waals surface area contributed by atoms with Crippen LogP contribution in [-0.2, 0) is 0 Å². The average molecular weight is 340 g/mol.